The Morgan fingerprint density at radius 1 is 1.13 bits per heavy atom. The Balaban J connectivity index is 1.35. The Kier molecular flexibility index (Phi) is 6.40. The summed E-state index contributed by atoms with van der Waals surface area (Å²) < 4.78 is 5.77. The molecule has 1 aliphatic heterocycles. The van der Waals surface area contributed by atoms with Gasteiger partial charge in [0.05, 0.1) is 18.4 Å². The van der Waals surface area contributed by atoms with Gasteiger partial charge in [-0.05, 0) is 42.9 Å². The van der Waals surface area contributed by atoms with Crippen molar-refractivity contribution < 1.29 is 9.53 Å². The first kappa shape index (κ1) is 20.8. The normalized spacial score (nSPS) is 15.4. The highest BCUT2D eigenvalue weighted by Gasteiger charge is 2.21. The summed E-state index contributed by atoms with van der Waals surface area (Å²) in [7, 11) is 0. The molecule has 3 aromatic rings. The summed E-state index contributed by atoms with van der Waals surface area (Å²) in [6, 6.07) is 12.7. The number of carbonyl (C=O) groups excluding carboxylic acids is 1. The highest BCUT2D eigenvalue weighted by molar-refractivity contribution is 5.73. The van der Waals surface area contributed by atoms with E-state index < -0.39 is 0 Å². The molecular formula is C24H27N5O2. The van der Waals surface area contributed by atoms with E-state index in [0.717, 1.165) is 37.2 Å². The summed E-state index contributed by atoms with van der Waals surface area (Å²) in [6.07, 6.45) is 8.66. The molecule has 0 aliphatic carbocycles. The fourth-order valence-electron chi connectivity index (χ4n) is 4.03. The van der Waals surface area contributed by atoms with Gasteiger partial charge in [-0.25, -0.2) is 15.0 Å². The van der Waals surface area contributed by atoms with Crippen molar-refractivity contribution in [2.45, 2.75) is 38.6 Å². The number of ether oxygens (including phenoxy) is 1. The number of aromatic nitrogens is 3. The minimum atomic E-state index is -0.00859. The molecule has 31 heavy (non-hydrogen) atoms. The highest BCUT2D eigenvalue weighted by atomic mass is 16.5. The monoisotopic (exact) mass is 417 g/mol. The zero-order chi connectivity index (χ0) is 21.6. The number of amides is 1. The third kappa shape index (κ3) is 5.36. The average Bonchev–Trinajstić information content (AvgIpc) is 2.80. The van der Waals surface area contributed by atoms with E-state index in [0.29, 0.717) is 17.5 Å². The second-order valence-electron chi connectivity index (χ2n) is 7.88. The van der Waals surface area contributed by atoms with E-state index in [9.17, 15) is 4.79 Å². The molecule has 0 saturated carbocycles. The Morgan fingerprint density at radius 3 is 2.52 bits per heavy atom. The highest BCUT2D eigenvalue weighted by Crippen LogP contribution is 2.32. The fourth-order valence-corrected chi connectivity index (χ4v) is 4.03. The standard InChI is InChI=1S/C24H27N5O2/c1-17(28-18(2)30)19-3-5-20(6-4-19)21-8-11-29(12-9-21)22-7-10-27-24(13-22)31-23-14-25-16-26-15-23/h3-7,10,13-17,21H,8-9,11-12H2,1-2H3,(H,28,30)/t17-/m0/s1. The number of nitrogens with zero attached hydrogens (tertiary/aromatic N) is 4. The number of rotatable bonds is 6. The lowest BCUT2D eigenvalue weighted by molar-refractivity contribution is -0.119. The van der Waals surface area contributed by atoms with Gasteiger partial charge >= 0.3 is 0 Å². The lowest BCUT2D eigenvalue weighted by Crippen LogP contribution is -2.32. The van der Waals surface area contributed by atoms with Crippen molar-refractivity contribution >= 4 is 11.6 Å². The Hall–Kier alpha value is -3.48. The molecule has 0 radical (unpaired) electrons. The summed E-state index contributed by atoms with van der Waals surface area (Å²) in [6.45, 7) is 5.51. The van der Waals surface area contributed by atoms with Crippen LogP contribution >= 0.6 is 0 Å². The second kappa shape index (κ2) is 9.55. The van der Waals surface area contributed by atoms with Crippen LogP contribution in [0.3, 0.4) is 0 Å². The van der Waals surface area contributed by atoms with Crippen LogP contribution in [0.4, 0.5) is 5.69 Å². The summed E-state index contributed by atoms with van der Waals surface area (Å²) in [5.41, 5.74) is 3.60. The van der Waals surface area contributed by atoms with Crippen LogP contribution in [0.15, 0.2) is 61.3 Å². The van der Waals surface area contributed by atoms with Crippen molar-refractivity contribution in [2.75, 3.05) is 18.0 Å². The molecule has 1 N–H and O–H groups in total. The average molecular weight is 418 g/mol. The number of hydrogen-bond acceptors (Lipinski definition) is 6. The number of hydrogen-bond donors (Lipinski definition) is 1. The van der Waals surface area contributed by atoms with E-state index in [2.05, 4.69) is 49.4 Å². The third-order valence-electron chi connectivity index (χ3n) is 5.67. The lowest BCUT2D eigenvalue weighted by Gasteiger charge is -2.34. The van der Waals surface area contributed by atoms with E-state index in [1.165, 1.54) is 11.9 Å². The molecule has 1 aliphatic rings. The number of pyridine rings is 1. The molecule has 1 amide bonds. The molecule has 1 aromatic carbocycles. The van der Waals surface area contributed by atoms with Gasteiger partial charge in [-0.3, -0.25) is 4.79 Å². The molecule has 3 heterocycles. The smallest absolute Gasteiger partial charge is 0.221 e. The number of nitrogens with one attached hydrogen (secondary N) is 1. The van der Waals surface area contributed by atoms with Crippen molar-refractivity contribution in [3.05, 3.63) is 72.4 Å². The van der Waals surface area contributed by atoms with Gasteiger partial charge in [0, 0.05) is 38.0 Å². The first-order valence-electron chi connectivity index (χ1n) is 10.6. The topological polar surface area (TPSA) is 80.2 Å². The number of anilines is 1. The summed E-state index contributed by atoms with van der Waals surface area (Å²) in [4.78, 5) is 25.9. The molecule has 4 rings (SSSR count). The van der Waals surface area contributed by atoms with E-state index in [4.69, 9.17) is 4.74 Å². The van der Waals surface area contributed by atoms with Crippen LogP contribution in [0, 0.1) is 0 Å². The van der Waals surface area contributed by atoms with E-state index in [1.807, 2.05) is 19.1 Å². The van der Waals surface area contributed by atoms with Crippen molar-refractivity contribution in [1.82, 2.24) is 20.3 Å². The minimum Gasteiger partial charge on any atom is -0.436 e. The molecular weight excluding hydrogens is 390 g/mol. The SMILES string of the molecule is CC(=O)N[C@@H](C)c1ccc(C2CCN(c3ccnc(Oc4cncnc4)c3)CC2)cc1. The first-order valence-corrected chi connectivity index (χ1v) is 10.6. The molecule has 1 atom stereocenters. The molecule has 0 bridgehead atoms. The van der Waals surface area contributed by atoms with Crippen LogP contribution in [0.1, 0.15) is 49.8 Å². The molecule has 0 spiro atoms. The van der Waals surface area contributed by atoms with Gasteiger partial charge in [0.1, 0.15) is 6.33 Å². The quantitative estimate of drug-likeness (QED) is 0.646. The van der Waals surface area contributed by atoms with Crippen molar-refractivity contribution in [2.24, 2.45) is 0 Å². The molecule has 160 valence electrons. The largest absolute Gasteiger partial charge is 0.436 e. The van der Waals surface area contributed by atoms with Crippen LogP contribution in [-0.4, -0.2) is 33.9 Å². The number of piperidine rings is 1. The zero-order valence-corrected chi connectivity index (χ0v) is 17.9. The fraction of sp³-hybridized carbons (Fsp3) is 0.333. The minimum absolute atomic E-state index is 0.00859. The Morgan fingerprint density at radius 2 is 1.84 bits per heavy atom. The van der Waals surface area contributed by atoms with Crippen molar-refractivity contribution in [3.63, 3.8) is 0 Å². The predicted octanol–water partition coefficient (Wildman–Crippen LogP) is 4.25. The number of carbonyl (C=O) groups is 1. The molecule has 1 fully saturated rings. The van der Waals surface area contributed by atoms with Gasteiger partial charge in [0.25, 0.3) is 0 Å². The lowest BCUT2D eigenvalue weighted by atomic mass is 9.88. The van der Waals surface area contributed by atoms with Crippen LogP contribution in [-0.2, 0) is 4.79 Å². The summed E-state index contributed by atoms with van der Waals surface area (Å²) in [5.74, 6) is 1.64. The van der Waals surface area contributed by atoms with E-state index >= 15 is 0 Å². The van der Waals surface area contributed by atoms with Crippen molar-refractivity contribution in [3.8, 4) is 11.6 Å². The van der Waals surface area contributed by atoms with Crippen LogP contribution in [0.2, 0.25) is 0 Å². The van der Waals surface area contributed by atoms with E-state index in [-0.39, 0.29) is 11.9 Å². The molecule has 7 heteroatoms. The van der Waals surface area contributed by atoms with Gasteiger partial charge in [0.2, 0.25) is 11.8 Å². The molecule has 0 unspecified atom stereocenters. The summed E-state index contributed by atoms with van der Waals surface area (Å²) in [5, 5.41) is 2.93. The third-order valence-corrected chi connectivity index (χ3v) is 5.67. The maximum Gasteiger partial charge on any atom is 0.221 e. The van der Waals surface area contributed by atoms with Gasteiger partial charge < -0.3 is 15.0 Å². The van der Waals surface area contributed by atoms with Gasteiger partial charge in [-0.2, -0.15) is 0 Å². The van der Waals surface area contributed by atoms with Gasteiger partial charge in [0.15, 0.2) is 5.75 Å². The molecule has 2 aromatic heterocycles. The Bertz CT molecular complexity index is 1000. The van der Waals surface area contributed by atoms with Crippen molar-refractivity contribution in [1.29, 1.82) is 0 Å². The van der Waals surface area contributed by atoms with Gasteiger partial charge in [-0.1, -0.05) is 24.3 Å². The first-order chi connectivity index (χ1) is 15.1. The Labute approximate surface area is 182 Å². The molecule has 1 saturated heterocycles. The summed E-state index contributed by atoms with van der Waals surface area (Å²) >= 11 is 0. The zero-order valence-electron chi connectivity index (χ0n) is 17.9. The maximum absolute atomic E-state index is 11.3. The van der Waals surface area contributed by atoms with Crippen LogP contribution < -0.4 is 15.0 Å². The van der Waals surface area contributed by atoms with Crippen LogP contribution in [0.25, 0.3) is 0 Å². The maximum atomic E-state index is 11.3. The van der Waals surface area contributed by atoms with Gasteiger partial charge in [-0.15, -0.1) is 0 Å². The predicted molar refractivity (Wildman–Crippen MR) is 119 cm³/mol. The number of benzene rings is 1. The van der Waals surface area contributed by atoms with E-state index in [1.54, 1.807) is 25.5 Å². The second-order valence-corrected chi connectivity index (χ2v) is 7.88. The van der Waals surface area contributed by atoms with Crippen LogP contribution in [0.5, 0.6) is 11.6 Å². The molecule has 7 nitrogen and oxygen atoms in total.